The number of nitrogens with one attached hydrogen (secondary N) is 1. The van der Waals surface area contributed by atoms with Crippen LogP contribution in [-0.4, -0.2) is 38.2 Å². The Hall–Kier alpha value is -2.24. The van der Waals surface area contributed by atoms with Gasteiger partial charge in [-0.1, -0.05) is 6.07 Å². The standard InChI is InChI=1S/C15H21NO5/c1-15(2,3)21-14(18)16-8-9-20-13-7-5-6-12(19-4)11(13)10-17/h5-7,10H,8-9H2,1-4H3,(H,16,18). The molecule has 0 atom stereocenters. The first kappa shape index (κ1) is 16.8. The molecule has 0 heterocycles. The van der Waals surface area contributed by atoms with E-state index in [1.54, 1.807) is 39.0 Å². The van der Waals surface area contributed by atoms with E-state index in [0.29, 0.717) is 23.3 Å². The zero-order valence-electron chi connectivity index (χ0n) is 12.8. The number of aldehydes is 1. The number of ether oxygens (including phenoxy) is 3. The third kappa shape index (κ3) is 5.72. The van der Waals surface area contributed by atoms with E-state index in [0.717, 1.165) is 0 Å². The van der Waals surface area contributed by atoms with E-state index in [2.05, 4.69) is 5.32 Å². The summed E-state index contributed by atoms with van der Waals surface area (Å²) in [7, 11) is 1.48. The van der Waals surface area contributed by atoms with Gasteiger partial charge in [0.1, 0.15) is 23.7 Å². The minimum Gasteiger partial charge on any atom is -0.496 e. The van der Waals surface area contributed by atoms with E-state index < -0.39 is 11.7 Å². The number of rotatable bonds is 6. The topological polar surface area (TPSA) is 73.9 Å². The van der Waals surface area contributed by atoms with Crippen molar-refractivity contribution in [2.75, 3.05) is 20.3 Å². The summed E-state index contributed by atoms with van der Waals surface area (Å²) in [6, 6.07) is 5.07. The molecular formula is C15H21NO5. The summed E-state index contributed by atoms with van der Waals surface area (Å²) in [4.78, 5) is 22.5. The van der Waals surface area contributed by atoms with Crippen molar-refractivity contribution in [1.82, 2.24) is 5.32 Å². The highest BCUT2D eigenvalue weighted by Gasteiger charge is 2.15. The van der Waals surface area contributed by atoms with Gasteiger partial charge in [0.05, 0.1) is 19.2 Å². The summed E-state index contributed by atoms with van der Waals surface area (Å²) < 4.78 is 15.6. The molecule has 0 aliphatic heterocycles. The van der Waals surface area contributed by atoms with Crippen LogP contribution in [0.5, 0.6) is 11.5 Å². The van der Waals surface area contributed by atoms with Crippen molar-refractivity contribution < 1.29 is 23.8 Å². The average Bonchev–Trinajstić information content (AvgIpc) is 2.41. The maximum atomic E-state index is 11.4. The highest BCUT2D eigenvalue weighted by Crippen LogP contribution is 2.26. The van der Waals surface area contributed by atoms with Crippen molar-refractivity contribution in [3.63, 3.8) is 0 Å². The SMILES string of the molecule is COc1cccc(OCCNC(=O)OC(C)(C)C)c1C=O. The van der Waals surface area contributed by atoms with Gasteiger partial charge in [0, 0.05) is 0 Å². The molecule has 116 valence electrons. The molecule has 6 nitrogen and oxygen atoms in total. The van der Waals surface area contributed by atoms with Crippen LogP contribution in [0.1, 0.15) is 31.1 Å². The predicted molar refractivity (Wildman–Crippen MR) is 78.1 cm³/mol. The second-order valence-electron chi connectivity index (χ2n) is 5.27. The van der Waals surface area contributed by atoms with Crippen LogP contribution in [0, 0.1) is 0 Å². The molecule has 0 unspecified atom stereocenters. The van der Waals surface area contributed by atoms with Crippen molar-refractivity contribution in [3.05, 3.63) is 23.8 Å². The number of benzene rings is 1. The van der Waals surface area contributed by atoms with Crippen LogP contribution in [-0.2, 0) is 4.74 Å². The van der Waals surface area contributed by atoms with Gasteiger partial charge in [-0.15, -0.1) is 0 Å². The van der Waals surface area contributed by atoms with Gasteiger partial charge in [-0.25, -0.2) is 4.79 Å². The lowest BCUT2D eigenvalue weighted by atomic mass is 10.2. The fourth-order valence-electron chi connectivity index (χ4n) is 1.57. The Morgan fingerprint density at radius 3 is 2.52 bits per heavy atom. The molecule has 0 saturated heterocycles. The Morgan fingerprint density at radius 2 is 1.95 bits per heavy atom. The number of carbonyl (C=O) groups is 2. The van der Waals surface area contributed by atoms with Crippen molar-refractivity contribution >= 4 is 12.4 Å². The van der Waals surface area contributed by atoms with E-state index >= 15 is 0 Å². The lowest BCUT2D eigenvalue weighted by Crippen LogP contribution is -2.34. The monoisotopic (exact) mass is 295 g/mol. The molecule has 6 heteroatoms. The Kier molecular flexibility index (Phi) is 6.02. The maximum Gasteiger partial charge on any atom is 0.407 e. The number of hydrogen-bond acceptors (Lipinski definition) is 5. The summed E-state index contributed by atoms with van der Waals surface area (Å²) in [5.41, 5.74) is -0.195. The highest BCUT2D eigenvalue weighted by atomic mass is 16.6. The highest BCUT2D eigenvalue weighted by molar-refractivity contribution is 5.83. The van der Waals surface area contributed by atoms with Crippen molar-refractivity contribution in [2.24, 2.45) is 0 Å². The van der Waals surface area contributed by atoms with Crippen LogP contribution in [0.4, 0.5) is 4.79 Å². The zero-order valence-corrected chi connectivity index (χ0v) is 12.8. The van der Waals surface area contributed by atoms with Crippen molar-refractivity contribution in [2.45, 2.75) is 26.4 Å². The van der Waals surface area contributed by atoms with E-state index in [9.17, 15) is 9.59 Å². The van der Waals surface area contributed by atoms with Crippen LogP contribution >= 0.6 is 0 Å². The summed E-state index contributed by atoms with van der Waals surface area (Å²) in [5.74, 6) is 0.859. The predicted octanol–water partition coefficient (Wildman–Crippen LogP) is 2.41. The molecule has 0 aliphatic carbocycles. The Morgan fingerprint density at radius 1 is 1.29 bits per heavy atom. The van der Waals surface area contributed by atoms with Crippen molar-refractivity contribution in [1.29, 1.82) is 0 Å². The van der Waals surface area contributed by atoms with Crippen molar-refractivity contribution in [3.8, 4) is 11.5 Å². The molecule has 1 amide bonds. The fourth-order valence-corrected chi connectivity index (χ4v) is 1.57. The molecule has 1 aromatic rings. The first-order valence-electron chi connectivity index (χ1n) is 6.59. The lowest BCUT2D eigenvalue weighted by molar-refractivity contribution is 0.0520. The third-order valence-corrected chi connectivity index (χ3v) is 2.39. The van der Waals surface area contributed by atoms with E-state index in [1.807, 2.05) is 0 Å². The van der Waals surface area contributed by atoms with Crippen LogP contribution in [0.15, 0.2) is 18.2 Å². The van der Waals surface area contributed by atoms with Crippen LogP contribution in [0.3, 0.4) is 0 Å². The molecule has 1 aromatic carbocycles. The first-order chi connectivity index (χ1) is 9.87. The molecule has 0 fully saturated rings. The second-order valence-corrected chi connectivity index (χ2v) is 5.27. The summed E-state index contributed by atoms with van der Waals surface area (Å²) in [6.07, 6.45) is 0.169. The molecule has 1 rings (SSSR count). The van der Waals surface area contributed by atoms with Gasteiger partial charge < -0.3 is 19.5 Å². The van der Waals surface area contributed by atoms with E-state index in [1.165, 1.54) is 7.11 Å². The summed E-state index contributed by atoms with van der Waals surface area (Å²) in [6.45, 7) is 5.85. The molecule has 0 saturated carbocycles. The molecule has 0 bridgehead atoms. The number of carbonyl (C=O) groups excluding carboxylic acids is 2. The minimum absolute atomic E-state index is 0.216. The zero-order chi connectivity index (χ0) is 15.9. The van der Waals surface area contributed by atoms with Gasteiger partial charge in [-0.05, 0) is 32.9 Å². The fraction of sp³-hybridized carbons (Fsp3) is 0.467. The number of amides is 1. The second kappa shape index (κ2) is 7.52. The van der Waals surface area contributed by atoms with Gasteiger partial charge in [-0.2, -0.15) is 0 Å². The van der Waals surface area contributed by atoms with Crippen LogP contribution in [0.2, 0.25) is 0 Å². The quantitative estimate of drug-likeness (QED) is 0.644. The van der Waals surface area contributed by atoms with E-state index in [4.69, 9.17) is 14.2 Å². The van der Waals surface area contributed by atoms with Gasteiger partial charge in [0.2, 0.25) is 0 Å². The molecule has 1 N–H and O–H groups in total. The Balaban J connectivity index is 2.46. The summed E-state index contributed by atoms with van der Waals surface area (Å²) in [5, 5.41) is 2.57. The number of hydrogen-bond donors (Lipinski definition) is 1. The molecule has 0 radical (unpaired) electrons. The summed E-state index contributed by atoms with van der Waals surface area (Å²) >= 11 is 0. The lowest BCUT2D eigenvalue weighted by Gasteiger charge is -2.19. The van der Waals surface area contributed by atoms with Crippen LogP contribution in [0.25, 0.3) is 0 Å². The molecule has 0 aliphatic rings. The molecular weight excluding hydrogens is 274 g/mol. The maximum absolute atomic E-state index is 11.4. The Labute approximate surface area is 124 Å². The van der Waals surface area contributed by atoms with Gasteiger partial charge >= 0.3 is 6.09 Å². The normalized spacial score (nSPS) is 10.7. The third-order valence-electron chi connectivity index (χ3n) is 2.39. The largest absolute Gasteiger partial charge is 0.496 e. The van der Waals surface area contributed by atoms with Gasteiger partial charge in [-0.3, -0.25) is 4.79 Å². The minimum atomic E-state index is -0.539. The van der Waals surface area contributed by atoms with Crippen LogP contribution < -0.4 is 14.8 Å². The number of alkyl carbamates (subject to hydrolysis) is 1. The Bertz CT molecular complexity index is 493. The number of methoxy groups -OCH3 is 1. The molecule has 0 spiro atoms. The van der Waals surface area contributed by atoms with Gasteiger partial charge in [0.25, 0.3) is 0 Å². The average molecular weight is 295 g/mol. The van der Waals surface area contributed by atoms with Gasteiger partial charge in [0.15, 0.2) is 6.29 Å². The first-order valence-corrected chi connectivity index (χ1v) is 6.59. The molecule has 21 heavy (non-hydrogen) atoms. The smallest absolute Gasteiger partial charge is 0.407 e. The molecule has 0 aromatic heterocycles. The van der Waals surface area contributed by atoms with E-state index in [-0.39, 0.29) is 13.2 Å².